The second kappa shape index (κ2) is 11.5. The first-order valence-electron chi connectivity index (χ1n) is 14.1. The van der Waals surface area contributed by atoms with Gasteiger partial charge in [-0.3, -0.25) is 4.57 Å². The van der Waals surface area contributed by atoms with Gasteiger partial charge in [-0.2, -0.15) is 4.98 Å². The summed E-state index contributed by atoms with van der Waals surface area (Å²) in [7, 11) is -3.13. The Balaban J connectivity index is 1.81. The summed E-state index contributed by atoms with van der Waals surface area (Å²) in [6.45, 7) is 12.8. The molecule has 0 atom stereocenters. The van der Waals surface area contributed by atoms with E-state index in [0.29, 0.717) is 17.7 Å². The van der Waals surface area contributed by atoms with Crippen LogP contribution in [-0.2, 0) is 6.54 Å². The molecule has 0 aliphatic heterocycles. The number of halogens is 3. The van der Waals surface area contributed by atoms with E-state index in [1.807, 2.05) is 57.2 Å². The third-order valence-corrected chi connectivity index (χ3v) is 12.9. The van der Waals surface area contributed by atoms with E-state index in [1.165, 1.54) is 10.6 Å². The highest BCUT2D eigenvalue weighted by molar-refractivity contribution is 7.00. The van der Waals surface area contributed by atoms with Crippen molar-refractivity contribution in [3.05, 3.63) is 111 Å². The molecule has 5 rings (SSSR count). The Morgan fingerprint density at radius 1 is 0.837 bits per heavy atom. The molecule has 0 bridgehead atoms. The van der Waals surface area contributed by atoms with Crippen LogP contribution in [0.25, 0.3) is 22.3 Å². The van der Waals surface area contributed by atoms with E-state index in [1.54, 1.807) is 18.2 Å². The second-order valence-electron chi connectivity index (χ2n) is 12.9. The van der Waals surface area contributed by atoms with Gasteiger partial charge in [0, 0.05) is 6.54 Å². The van der Waals surface area contributed by atoms with Gasteiger partial charge < -0.3 is 4.43 Å². The number of benzene rings is 3. The Labute approximate surface area is 262 Å². The van der Waals surface area contributed by atoms with Gasteiger partial charge in [-0.05, 0) is 39.0 Å². The number of hydrogen-bond acceptors (Lipinski definition) is 4. The molecular weight excluding hydrogens is 600 g/mol. The summed E-state index contributed by atoms with van der Waals surface area (Å²) in [5.74, 6) is -0.234. The van der Waals surface area contributed by atoms with Crippen LogP contribution in [0.1, 0.15) is 41.5 Å². The predicted molar refractivity (Wildman–Crippen MR) is 177 cm³/mol. The van der Waals surface area contributed by atoms with Gasteiger partial charge in [0.1, 0.15) is 22.4 Å². The summed E-state index contributed by atoms with van der Waals surface area (Å²) in [5, 5.41) is 2.27. The van der Waals surface area contributed by atoms with Crippen molar-refractivity contribution in [2.24, 2.45) is 5.41 Å². The van der Waals surface area contributed by atoms with E-state index in [2.05, 4.69) is 50.0 Å². The molecule has 5 aromatic rings. The molecule has 0 N–H and O–H groups in total. The van der Waals surface area contributed by atoms with Crippen LogP contribution in [0.2, 0.25) is 15.2 Å². The van der Waals surface area contributed by atoms with Gasteiger partial charge in [0.25, 0.3) is 0 Å². The van der Waals surface area contributed by atoms with Crippen molar-refractivity contribution in [2.75, 3.05) is 0 Å². The minimum atomic E-state index is -3.13. The van der Waals surface area contributed by atoms with Crippen LogP contribution >= 0.6 is 23.2 Å². The van der Waals surface area contributed by atoms with Crippen molar-refractivity contribution in [2.45, 2.75) is 53.1 Å². The van der Waals surface area contributed by atoms with Crippen LogP contribution in [0.5, 0.6) is 5.75 Å². The quantitative estimate of drug-likeness (QED) is 0.141. The Hall–Kier alpha value is -3.52. The molecule has 0 radical (unpaired) electrons. The number of nitrogens with zero attached hydrogens (tertiary/aromatic N) is 3. The largest absolute Gasteiger partial charge is 0.533 e. The Morgan fingerprint density at radius 3 is 1.95 bits per heavy atom. The second-order valence-corrected chi connectivity index (χ2v) is 17.9. The third kappa shape index (κ3) is 5.86. The number of rotatable bonds is 6. The van der Waals surface area contributed by atoms with Crippen LogP contribution < -0.4 is 20.5 Å². The van der Waals surface area contributed by atoms with Gasteiger partial charge in [-0.15, -0.1) is 0 Å². The Kier molecular flexibility index (Phi) is 8.29. The zero-order valence-corrected chi connectivity index (χ0v) is 27.6. The van der Waals surface area contributed by atoms with Crippen molar-refractivity contribution in [3.8, 4) is 17.0 Å². The lowest BCUT2D eigenvalue weighted by atomic mass is 9.97. The van der Waals surface area contributed by atoms with Crippen LogP contribution in [0.4, 0.5) is 4.39 Å². The van der Waals surface area contributed by atoms with Crippen molar-refractivity contribution in [3.63, 3.8) is 0 Å². The van der Waals surface area contributed by atoms with E-state index < -0.39 is 19.8 Å². The summed E-state index contributed by atoms with van der Waals surface area (Å²) in [6, 6.07) is 26.5. The minimum absolute atomic E-state index is 0.0107. The van der Waals surface area contributed by atoms with Gasteiger partial charge in [-0.25, -0.2) is 14.2 Å². The molecule has 0 saturated carbocycles. The van der Waals surface area contributed by atoms with Crippen molar-refractivity contribution in [1.82, 2.24) is 14.5 Å². The number of fused-ring (bicyclic) bond motifs is 1. The molecule has 43 heavy (non-hydrogen) atoms. The van der Waals surface area contributed by atoms with Crippen LogP contribution in [-0.4, -0.2) is 22.9 Å². The molecule has 9 heteroatoms. The first-order valence-corrected chi connectivity index (χ1v) is 16.7. The number of aromatic nitrogens is 3. The lowest BCUT2D eigenvalue weighted by Gasteiger charge is -2.43. The molecule has 0 unspecified atom stereocenters. The molecule has 222 valence electrons. The molecule has 2 aromatic heterocycles. The summed E-state index contributed by atoms with van der Waals surface area (Å²) in [4.78, 5) is 21.8. The standard InChI is InChI=1S/C34H34Cl2FN3O2Si/c1-33(2,3)21-40-31-24(30(36)39-32(40)41)20-25(35)29(38-31)28-26(37)18-13-19-27(28)42-43(34(4,5)6,22-14-9-7-10-15-22)23-16-11-8-12-17-23/h7-20H,21H2,1-6H3. The highest BCUT2D eigenvalue weighted by Crippen LogP contribution is 2.43. The fourth-order valence-electron chi connectivity index (χ4n) is 5.56. The number of hydrogen-bond donors (Lipinski definition) is 0. The predicted octanol–water partition coefficient (Wildman–Crippen LogP) is 7.89. The first-order chi connectivity index (χ1) is 20.2. The topological polar surface area (TPSA) is 57.0 Å². The van der Waals surface area contributed by atoms with Crippen molar-refractivity contribution < 1.29 is 8.82 Å². The first kappa shape index (κ1) is 30.9. The molecule has 2 heterocycles. The fraction of sp³-hybridized carbons (Fsp3) is 0.265. The van der Waals surface area contributed by atoms with E-state index in [0.717, 1.165) is 10.4 Å². The van der Waals surface area contributed by atoms with E-state index in [4.69, 9.17) is 32.6 Å². The molecule has 3 aromatic carbocycles. The Bertz CT molecular complexity index is 1810. The summed E-state index contributed by atoms with van der Waals surface area (Å²) in [6.07, 6.45) is 0. The van der Waals surface area contributed by atoms with Crippen LogP contribution in [0.15, 0.2) is 89.7 Å². The molecular formula is C34H34Cl2FN3O2Si. The SMILES string of the molecule is CC(C)(C)Cn1c(=O)nc(Cl)c2cc(Cl)c(-c3c(F)cccc3O[Si](c3ccccc3)(c3ccccc3)C(C)(C)C)nc21. The van der Waals surface area contributed by atoms with Gasteiger partial charge in [0.15, 0.2) is 0 Å². The maximum absolute atomic E-state index is 16.1. The van der Waals surface area contributed by atoms with E-state index in [9.17, 15) is 4.79 Å². The highest BCUT2D eigenvalue weighted by atomic mass is 35.5. The molecule has 0 fully saturated rings. The van der Waals surface area contributed by atoms with Crippen LogP contribution in [0.3, 0.4) is 0 Å². The average molecular weight is 635 g/mol. The lowest BCUT2D eigenvalue weighted by Crippen LogP contribution is -2.68. The minimum Gasteiger partial charge on any atom is -0.533 e. The van der Waals surface area contributed by atoms with Crippen molar-refractivity contribution in [1.29, 1.82) is 0 Å². The monoisotopic (exact) mass is 633 g/mol. The normalized spacial score (nSPS) is 12.5. The molecule has 0 saturated heterocycles. The van der Waals surface area contributed by atoms with E-state index >= 15 is 4.39 Å². The van der Waals surface area contributed by atoms with Gasteiger partial charge in [0.2, 0.25) is 0 Å². The van der Waals surface area contributed by atoms with Crippen LogP contribution in [0, 0.1) is 11.2 Å². The summed E-state index contributed by atoms with van der Waals surface area (Å²) in [5.41, 5.74) is -0.261. The molecule has 0 aliphatic carbocycles. The maximum Gasteiger partial charge on any atom is 0.350 e. The molecule has 0 amide bonds. The smallest absolute Gasteiger partial charge is 0.350 e. The van der Waals surface area contributed by atoms with Gasteiger partial charge in [-0.1, -0.05) is 131 Å². The lowest BCUT2D eigenvalue weighted by molar-refractivity contribution is 0.341. The molecule has 5 nitrogen and oxygen atoms in total. The number of pyridine rings is 1. The zero-order chi connectivity index (χ0) is 31.2. The molecule has 0 aliphatic rings. The van der Waals surface area contributed by atoms with E-state index in [-0.39, 0.29) is 37.5 Å². The Morgan fingerprint density at radius 2 is 1.42 bits per heavy atom. The molecule has 0 spiro atoms. The van der Waals surface area contributed by atoms with Gasteiger partial charge in [0.05, 0.1) is 21.7 Å². The van der Waals surface area contributed by atoms with Gasteiger partial charge >= 0.3 is 14.0 Å². The van der Waals surface area contributed by atoms with Crippen molar-refractivity contribution >= 4 is 52.9 Å². The third-order valence-electron chi connectivity index (χ3n) is 7.38. The zero-order valence-electron chi connectivity index (χ0n) is 25.1. The average Bonchev–Trinajstić information content (AvgIpc) is 2.94. The fourth-order valence-corrected chi connectivity index (χ4v) is 10.4. The highest BCUT2D eigenvalue weighted by Gasteiger charge is 2.52. The maximum atomic E-state index is 16.1. The summed E-state index contributed by atoms with van der Waals surface area (Å²) >= 11 is 13.2. The summed E-state index contributed by atoms with van der Waals surface area (Å²) < 4.78 is 24.7.